The minimum Gasteiger partial charge on any atom is -0.330 e. The molecule has 0 spiro atoms. The smallest absolute Gasteiger partial charge is 0.0106 e. The van der Waals surface area contributed by atoms with Crippen LogP contribution < -0.4 is 5.73 Å². The first-order chi connectivity index (χ1) is 8.31. The van der Waals surface area contributed by atoms with Gasteiger partial charge in [-0.1, -0.05) is 27.7 Å². The third kappa shape index (κ3) is 3.48. The van der Waals surface area contributed by atoms with E-state index in [4.69, 9.17) is 5.73 Å². The van der Waals surface area contributed by atoms with Crippen molar-refractivity contribution in [2.24, 2.45) is 22.5 Å². The zero-order chi connectivity index (χ0) is 13.4. The van der Waals surface area contributed by atoms with Crippen molar-refractivity contribution in [3.8, 4) is 0 Å². The molecule has 1 saturated carbocycles. The predicted octanol–water partition coefficient (Wildman–Crippen LogP) is 3.26. The molecule has 0 aromatic heterocycles. The van der Waals surface area contributed by atoms with Crippen molar-refractivity contribution >= 4 is 0 Å². The number of likely N-dealkylation sites (tertiary alicyclic amines) is 1. The van der Waals surface area contributed by atoms with Gasteiger partial charge in [0.25, 0.3) is 0 Å². The summed E-state index contributed by atoms with van der Waals surface area (Å²) in [5.74, 6) is 0.743. The highest BCUT2D eigenvalue weighted by Crippen LogP contribution is 2.47. The summed E-state index contributed by atoms with van der Waals surface area (Å²) in [5, 5.41) is 0. The van der Waals surface area contributed by atoms with Crippen molar-refractivity contribution in [1.29, 1.82) is 0 Å². The molecule has 18 heavy (non-hydrogen) atoms. The summed E-state index contributed by atoms with van der Waals surface area (Å²) in [5.41, 5.74) is 6.88. The lowest BCUT2D eigenvalue weighted by Gasteiger charge is -2.50. The van der Waals surface area contributed by atoms with Crippen LogP contribution in [0.1, 0.15) is 59.8 Å². The molecule has 2 rings (SSSR count). The van der Waals surface area contributed by atoms with Crippen LogP contribution in [0.5, 0.6) is 0 Å². The second-order valence-corrected chi connectivity index (χ2v) is 8.31. The minimum atomic E-state index is 0.502. The van der Waals surface area contributed by atoms with Gasteiger partial charge in [-0.2, -0.15) is 0 Å². The summed E-state index contributed by atoms with van der Waals surface area (Å²) in [4.78, 5) is 2.75. The molecule has 1 aliphatic carbocycles. The molecule has 2 aliphatic rings. The lowest BCUT2D eigenvalue weighted by molar-refractivity contribution is 0.00690. The molecular formula is C16H32N2. The molecule has 0 radical (unpaired) electrons. The van der Waals surface area contributed by atoms with Crippen molar-refractivity contribution in [2.45, 2.75) is 65.8 Å². The third-order valence-electron chi connectivity index (χ3n) is 4.93. The van der Waals surface area contributed by atoms with Crippen LogP contribution in [-0.4, -0.2) is 30.6 Å². The molecule has 2 heteroatoms. The van der Waals surface area contributed by atoms with Gasteiger partial charge in [0.05, 0.1) is 0 Å². The Morgan fingerprint density at radius 3 is 2.28 bits per heavy atom. The topological polar surface area (TPSA) is 29.3 Å². The van der Waals surface area contributed by atoms with E-state index in [0.717, 1.165) is 18.5 Å². The number of piperidine rings is 1. The van der Waals surface area contributed by atoms with Crippen LogP contribution in [0.4, 0.5) is 0 Å². The number of rotatable bonds is 2. The van der Waals surface area contributed by atoms with Crippen molar-refractivity contribution in [2.75, 3.05) is 19.6 Å². The molecule has 1 atom stereocenters. The Morgan fingerprint density at radius 2 is 1.72 bits per heavy atom. The highest BCUT2D eigenvalue weighted by molar-refractivity contribution is 4.94. The molecule has 1 heterocycles. The SMILES string of the molecule is CC1(C)CC(N2CCCC(CN)C2)CC(C)(C)C1. The maximum atomic E-state index is 5.87. The Morgan fingerprint density at radius 1 is 1.11 bits per heavy atom. The molecule has 0 bridgehead atoms. The van der Waals surface area contributed by atoms with Crippen LogP contribution in [0, 0.1) is 16.7 Å². The fourth-order valence-corrected chi connectivity index (χ4v) is 4.67. The fraction of sp³-hybridized carbons (Fsp3) is 1.00. The molecule has 0 aromatic carbocycles. The fourth-order valence-electron chi connectivity index (χ4n) is 4.67. The molecule has 2 nitrogen and oxygen atoms in total. The van der Waals surface area contributed by atoms with E-state index >= 15 is 0 Å². The molecule has 2 fully saturated rings. The summed E-state index contributed by atoms with van der Waals surface area (Å²) in [6.45, 7) is 13.2. The van der Waals surface area contributed by atoms with Crippen LogP contribution in [0.3, 0.4) is 0 Å². The van der Waals surface area contributed by atoms with Gasteiger partial charge in [0.1, 0.15) is 0 Å². The molecule has 1 unspecified atom stereocenters. The molecule has 106 valence electrons. The van der Waals surface area contributed by atoms with Gasteiger partial charge in [-0.05, 0) is 61.9 Å². The van der Waals surface area contributed by atoms with E-state index in [1.54, 1.807) is 0 Å². The molecule has 2 N–H and O–H groups in total. The van der Waals surface area contributed by atoms with Gasteiger partial charge in [0.15, 0.2) is 0 Å². The van der Waals surface area contributed by atoms with E-state index < -0.39 is 0 Å². The molecule has 0 aromatic rings. The third-order valence-corrected chi connectivity index (χ3v) is 4.93. The Balaban J connectivity index is 2.03. The zero-order valence-corrected chi connectivity index (χ0v) is 12.8. The Hall–Kier alpha value is -0.0800. The highest BCUT2D eigenvalue weighted by Gasteiger charge is 2.41. The average molecular weight is 252 g/mol. The monoisotopic (exact) mass is 252 g/mol. The summed E-state index contributed by atoms with van der Waals surface area (Å²) in [7, 11) is 0. The first kappa shape index (κ1) is 14.3. The number of nitrogens with zero attached hydrogens (tertiary/aromatic N) is 1. The summed E-state index contributed by atoms with van der Waals surface area (Å²) in [6.07, 6.45) is 6.79. The second kappa shape index (κ2) is 5.13. The summed E-state index contributed by atoms with van der Waals surface area (Å²) < 4.78 is 0. The van der Waals surface area contributed by atoms with E-state index in [1.807, 2.05) is 0 Å². The van der Waals surface area contributed by atoms with E-state index in [2.05, 4.69) is 32.6 Å². The van der Waals surface area contributed by atoms with E-state index in [9.17, 15) is 0 Å². The van der Waals surface area contributed by atoms with Gasteiger partial charge in [0.2, 0.25) is 0 Å². The largest absolute Gasteiger partial charge is 0.330 e. The van der Waals surface area contributed by atoms with Crippen LogP contribution in [0.2, 0.25) is 0 Å². The van der Waals surface area contributed by atoms with Crippen molar-refractivity contribution in [1.82, 2.24) is 4.90 Å². The number of nitrogens with two attached hydrogens (primary N) is 1. The second-order valence-electron chi connectivity index (χ2n) is 8.31. The predicted molar refractivity (Wildman–Crippen MR) is 78.6 cm³/mol. The normalized spacial score (nSPS) is 33.5. The maximum Gasteiger partial charge on any atom is 0.0106 e. The van der Waals surface area contributed by atoms with E-state index in [1.165, 1.54) is 45.2 Å². The lowest BCUT2D eigenvalue weighted by Crippen LogP contribution is -2.50. The lowest BCUT2D eigenvalue weighted by atomic mass is 9.63. The minimum absolute atomic E-state index is 0.502. The number of hydrogen-bond acceptors (Lipinski definition) is 2. The van der Waals surface area contributed by atoms with Gasteiger partial charge in [-0.15, -0.1) is 0 Å². The number of hydrogen-bond donors (Lipinski definition) is 1. The van der Waals surface area contributed by atoms with E-state index in [-0.39, 0.29) is 0 Å². The van der Waals surface area contributed by atoms with Gasteiger partial charge in [0, 0.05) is 12.6 Å². The average Bonchev–Trinajstić information content (AvgIpc) is 2.25. The van der Waals surface area contributed by atoms with E-state index in [0.29, 0.717) is 10.8 Å². The quantitative estimate of drug-likeness (QED) is 0.817. The van der Waals surface area contributed by atoms with Gasteiger partial charge >= 0.3 is 0 Å². The maximum absolute atomic E-state index is 5.87. The van der Waals surface area contributed by atoms with Gasteiger partial charge < -0.3 is 10.6 Å². The molecule has 1 aliphatic heterocycles. The van der Waals surface area contributed by atoms with Crippen LogP contribution in [0.25, 0.3) is 0 Å². The van der Waals surface area contributed by atoms with Crippen molar-refractivity contribution in [3.63, 3.8) is 0 Å². The first-order valence-corrected chi connectivity index (χ1v) is 7.75. The Bertz CT molecular complexity index is 267. The first-order valence-electron chi connectivity index (χ1n) is 7.75. The van der Waals surface area contributed by atoms with Crippen molar-refractivity contribution < 1.29 is 0 Å². The van der Waals surface area contributed by atoms with Crippen LogP contribution >= 0.6 is 0 Å². The Labute approximate surface area is 113 Å². The standard InChI is InChI=1S/C16H32N2/c1-15(2)8-14(9-16(3,4)12-15)18-7-5-6-13(10-17)11-18/h13-14H,5-12,17H2,1-4H3. The van der Waals surface area contributed by atoms with Gasteiger partial charge in [-0.25, -0.2) is 0 Å². The Kier molecular flexibility index (Phi) is 4.08. The molecule has 0 amide bonds. The zero-order valence-electron chi connectivity index (χ0n) is 12.8. The molecule has 1 saturated heterocycles. The highest BCUT2D eigenvalue weighted by atomic mass is 15.2. The van der Waals surface area contributed by atoms with Crippen molar-refractivity contribution in [3.05, 3.63) is 0 Å². The summed E-state index contributed by atoms with van der Waals surface area (Å²) >= 11 is 0. The molecular weight excluding hydrogens is 220 g/mol. The van der Waals surface area contributed by atoms with Gasteiger partial charge in [-0.3, -0.25) is 0 Å². The summed E-state index contributed by atoms with van der Waals surface area (Å²) in [6, 6.07) is 0.790. The van der Waals surface area contributed by atoms with Crippen LogP contribution in [-0.2, 0) is 0 Å². The van der Waals surface area contributed by atoms with Crippen LogP contribution in [0.15, 0.2) is 0 Å².